The minimum absolute atomic E-state index is 0.963. The highest BCUT2D eigenvalue weighted by atomic mass is 79.9. The van der Waals surface area contributed by atoms with Crippen molar-refractivity contribution in [2.24, 2.45) is 0 Å². The van der Waals surface area contributed by atoms with E-state index in [0.29, 0.717) is 0 Å². The monoisotopic (exact) mass is 303 g/mol. The molecule has 0 saturated heterocycles. The minimum Gasteiger partial charge on any atom is -0.385 e. The van der Waals surface area contributed by atoms with E-state index in [1.807, 2.05) is 0 Å². The van der Waals surface area contributed by atoms with Crippen molar-refractivity contribution in [3.05, 3.63) is 63.6 Å². The summed E-state index contributed by atoms with van der Waals surface area (Å²) in [7, 11) is 0. The lowest BCUT2D eigenvalue weighted by Gasteiger charge is -2.10. The van der Waals surface area contributed by atoms with Crippen LogP contribution >= 0.6 is 15.9 Å². The molecule has 0 unspecified atom stereocenters. The summed E-state index contributed by atoms with van der Waals surface area (Å²) < 4.78 is 1.20. The Labute approximate surface area is 117 Å². The molecule has 0 heterocycles. The van der Waals surface area contributed by atoms with Crippen LogP contribution in [0.4, 0.5) is 5.69 Å². The highest BCUT2D eigenvalue weighted by Gasteiger charge is 2.01. The highest BCUT2D eigenvalue weighted by Crippen LogP contribution is 2.24. The average molecular weight is 304 g/mol. The van der Waals surface area contributed by atoms with Gasteiger partial charge in [-0.15, -0.1) is 0 Å². The topological polar surface area (TPSA) is 12.0 Å². The van der Waals surface area contributed by atoms with Crippen LogP contribution in [-0.2, 0) is 6.42 Å². The standard InChI is InChI=1S/C16H18BrN/c1-12-10-15(11-13(2)16(12)17)18-9-8-14-6-4-3-5-7-14/h3-7,10-11,18H,8-9H2,1-2H3. The number of nitrogens with one attached hydrogen (secondary N) is 1. The number of aryl methyl sites for hydroxylation is 2. The second kappa shape index (κ2) is 6.05. The van der Waals surface area contributed by atoms with Gasteiger partial charge < -0.3 is 5.32 Å². The molecule has 1 nitrogen and oxygen atoms in total. The van der Waals surface area contributed by atoms with Crippen LogP contribution < -0.4 is 5.32 Å². The van der Waals surface area contributed by atoms with E-state index >= 15 is 0 Å². The van der Waals surface area contributed by atoms with Crippen LogP contribution in [0.5, 0.6) is 0 Å². The fourth-order valence-corrected chi connectivity index (χ4v) is 2.27. The lowest BCUT2D eigenvalue weighted by atomic mass is 10.1. The van der Waals surface area contributed by atoms with E-state index in [4.69, 9.17) is 0 Å². The zero-order valence-electron chi connectivity index (χ0n) is 10.8. The van der Waals surface area contributed by atoms with Gasteiger partial charge in [0.2, 0.25) is 0 Å². The van der Waals surface area contributed by atoms with Gasteiger partial charge in [0.1, 0.15) is 0 Å². The van der Waals surface area contributed by atoms with Crippen LogP contribution in [0.1, 0.15) is 16.7 Å². The number of benzene rings is 2. The van der Waals surface area contributed by atoms with Gasteiger partial charge in [-0.1, -0.05) is 46.3 Å². The number of anilines is 1. The molecule has 2 rings (SSSR count). The van der Waals surface area contributed by atoms with Crippen molar-refractivity contribution in [1.29, 1.82) is 0 Å². The molecule has 0 amide bonds. The fraction of sp³-hybridized carbons (Fsp3) is 0.250. The van der Waals surface area contributed by atoms with E-state index in [-0.39, 0.29) is 0 Å². The van der Waals surface area contributed by atoms with Crippen molar-refractivity contribution in [3.8, 4) is 0 Å². The van der Waals surface area contributed by atoms with Crippen molar-refractivity contribution >= 4 is 21.6 Å². The molecule has 0 atom stereocenters. The number of hydrogen-bond acceptors (Lipinski definition) is 1. The first-order chi connectivity index (χ1) is 8.66. The van der Waals surface area contributed by atoms with Crippen molar-refractivity contribution in [3.63, 3.8) is 0 Å². The van der Waals surface area contributed by atoms with Crippen molar-refractivity contribution in [1.82, 2.24) is 0 Å². The van der Waals surface area contributed by atoms with Gasteiger partial charge in [-0.2, -0.15) is 0 Å². The summed E-state index contributed by atoms with van der Waals surface area (Å²) in [6.45, 7) is 5.21. The maximum atomic E-state index is 3.59. The third-order valence-corrected chi connectivity index (χ3v) is 4.27. The SMILES string of the molecule is Cc1cc(NCCc2ccccc2)cc(C)c1Br. The third kappa shape index (κ3) is 3.36. The zero-order chi connectivity index (χ0) is 13.0. The van der Waals surface area contributed by atoms with Crippen LogP contribution in [0, 0.1) is 13.8 Å². The molecule has 2 aromatic rings. The number of halogens is 1. The Kier molecular flexibility index (Phi) is 4.43. The quantitative estimate of drug-likeness (QED) is 0.861. The van der Waals surface area contributed by atoms with Crippen molar-refractivity contribution in [2.75, 3.05) is 11.9 Å². The molecule has 94 valence electrons. The molecule has 0 aromatic heterocycles. The molecule has 0 radical (unpaired) electrons. The molecule has 2 aromatic carbocycles. The first kappa shape index (κ1) is 13.2. The molecule has 0 spiro atoms. The van der Waals surface area contributed by atoms with Crippen LogP contribution in [0.15, 0.2) is 46.9 Å². The van der Waals surface area contributed by atoms with Gasteiger partial charge in [-0.25, -0.2) is 0 Å². The van der Waals surface area contributed by atoms with Crippen LogP contribution in [0.25, 0.3) is 0 Å². The fourth-order valence-electron chi connectivity index (χ4n) is 2.04. The Bertz CT molecular complexity index is 497. The minimum atomic E-state index is 0.963. The Morgan fingerprint density at radius 1 is 1.00 bits per heavy atom. The lowest BCUT2D eigenvalue weighted by molar-refractivity contribution is 1.02. The summed E-state index contributed by atoms with van der Waals surface area (Å²) in [5.41, 5.74) is 5.12. The smallest absolute Gasteiger partial charge is 0.0346 e. The van der Waals surface area contributed by atoms with Crippen molar-refractivity contribution in [2.45, 2.75) is 20.3 Å². The largest absolute Gasteiger partial charge is 0.385 e. The van der Waals surface area contributed by atoms with Gasteiger partial charge >= 0.3 is 0 Å². The number of rotatable bonds is 4. The van der Waals surface area contributed by atoms with E-state index in [0.717, 1.165) is 13.0 Å². The lowest BCUT2D eigenvalue weighted by Crippen LogP contribution is -2.05. The summed E-state index contributed by atoms with van der Waals surface area (Å²) in [6, 6.07) is 14.9. The van der Waals surface area contributed by atoms with E-state index in [1.165, 1.54) is 26.9 Å². The molecule has 0 aliphatic heterocycles. The second-order valence-electron chi connectivity index (χ2n) is 4.59. The second-order valence-corrected chi connectivity index (χ2v) is 5.38. The molecule has 18 heavy (non-hydrogen) atoms. The summed E-state index contributed by atoms with van der Waals surface area (Å²) >= 11 is 3.59. The maximum absolute atomic E-state index is 3.59. The highest BCUT2D eigenvalue weighted by molar-refractivity contribution is 9.10. The number of hydrogen-bond donors (Lipinski definition) is 1. The van der Waals surface area contributed by atoms with E-state index in [2.05, 4.69) is 77.6 Å². The predicted molar refractivity (Wildman–Crippen MR) is 82.3 cm³/mol. The molecule has 0 aliphatic rings. The summed E-state index contributed by atoms with van der Waals surface area (Å²) in [6.07, 6.45) is 1.05. The van der Waals surface area contributed by atoms with Gasteiger partial charge in [-0.05, 0) is 49.1 Å². The van der Waals surface area contributed by atoms with Crippen LogP contribution in [0.3, 0.4) is 0 Å². The van der Waals surface area contributed by atoms with E-state index in [1.54, 1.807) is 0 Å². The molecule has 0 aliphatic carbocycles. The van der Waals surface area contributed by atoms with E-state index < -0.39 is 0 Å². The van der Waals surface area contributed by atoms with Crippen LogP contribution in [-0.4, -0.2) is 6.54 Å². The first-order valence-electron chi connectivity index (χ1n) is 6.21. The molecule has 0 bridgehead atoms. The van der Waals surface area contributed by atoms with Gasteiger partial charge in [0.25, 0.3) is 0 Å². The van der Waals surface area contributed by atoms with Crippen molar-refractivity contribution < 1.29 is 0 Å². The molecular weight excluding hydrogens is 286 g/mol. The molecule has 0 saturated carbocycles. The predicted octanol–water partition coefficient (Wildman–Crippen LogP) is 4.72. The van der Waals surface area contributed by atoms with Gasteiger partial charge in [0.15, 0.2) is 0 Å². The average Bonchev–Trinajstić information content (AvgIpc) is 2.37. The Balaban J connectivity index is 1.95. The Morgan fingerprint density at radius 2 is 1.61 bits per heavy atom. The summed E-state index contributed by atoms with van der Waals surface area (Å²) in [4.78, 5) is 0. The summed E-state index contributed by atoms with van der Waals surface area (Å²) in [5.74, 6) is 0. The molecular formula is C16H18BrN. The van der Waals surface area contributed by atoms with Crippen LogP contribution in [0.2, 0.25) is 0 Å². The van der Waals surface area contributed by atoms with Gasteiger partial charge in [-0.3, -0.25) is 0 Å². The third-order valence-electron chi connectivity index (χ3n) is 3.02. The molecule has 1 N–H and O–H groups in total. The Morgan fingerprint density at radius 3 is 2.22 bits per heavy atom. The molecule has 0 fully saturated rings. The Hall–Kier alpha value is -1.28. The van der Waals surface area contributed by atoms with Gasteiger partial charge in [0, 0.05) is 16.7 Å². The van der Waals surface area contributed by atoms with E-state index in [9.17, 15) is 0 Å². The zero-order valence-corrected chi connectivity index (χ0v) is 12.4. The first-order valence-corrected chi connectivity index (χ1v) is 7.00. The van der Waals surface area contributed by atoms with Gasteiger partial charge in [0.05, 0.1) is 0 Å². The maximum Gasteiger partial charge on any atom is 0.0346 e. The summed E-state index contributed by atoms with van der Waals surface area (Å²) in [5, 5.41) is 3.48. The normalized spacial score (nSPS) is 10.4. The molecule has 2 heteroatoms.